The summed E-state index contributed by atoms with van der Waals surface area (Å²) >= 11 is 0. The summed E-state index contributed by atoms with van der Waals surface area (Å²) in [5, 5.41) is 9.04. The number of carbonyl (C=O) groups is 1. The zero-order valence-corrected chi connectivity index (χ0v) is 10.8. The highest BCUT2D eigenvalue weighted by molar-refractivity contribution is 5.92. The molecule has 0 spiro atoms. The molecule has 0 saturated heterocycles. The molecule has 1 heterocycles. The molecule has 0 radical (unpaired) electrons. The summed E-state index contributed by atoms with van der Waals surface area (Å²) in [5.41, 5.74) is -0.222. The van der Waals surface area contributed by atoms with Crippen LogP contribution in [0.4, 0.5) is 13.2 Å². The van der Waals surface area contributed by atoms with Crippen molar-refractivity contribution in [2.24, 2.45) is 7.05 Å². The minimum absolute atomic E-state index is 0.000484. The van der Waals surface area contributed by atoms with E-state index in [1.807, 2.05) is 0 Å². The Bertz CT molecular complexity index is 672. The van der Waals surface area contributed by atoms with Gasteiger partial charge in [0.2, 0.25) is 0 Å². The molecule has 0 amide bonds. The standard InChI is InChI=1S/C14H12F3NO2/c1-8-10(13(19)20)7-18(2)12(8)9-5-3-4-6-11(9)14(15,16)17/h3-7H,1-2H3,(H,19,20). The topological polar surface area (TPSA) is 42.2 Å². The summed E-state index contributed by atoms with van der Waals surface area (Å²) in [5.74, 6) is -1.16. The molecular formula is C14H12F3NO2. The van der Waals surface area contributed by atoms with Gasteiger partial charge in [0.25, 0.3) is 0 Å². The van der Waals surface area contributed by atoms with E-state index in [4.69, 9.17) is 5.11 Å². The van der Waals surface area contributed by atoms with Crippen LogP contribution in [-0.2, 0) is 13.2 Å². The minimum atomic E-state index is -4.49. The molecule has 2 rings (SSSR count). The first kappa shape index (κ1) is 14.2. The molecule has 1 aromatic carbocycles. The number of aryl methyl sites for hydroxylation is 1. The second-order valence-electron chi connectivity index (χ2n) is 4.48. The summed E-state index contributed by atoms with van der Waals surface area (Å²) in [6, 6.07) is 5.14. The highest BCUT2D eigenvalue weighted by Crippen LogP contribution is 2.38. The zero-order valence-electron chi connectivity index (χ0n) is 10.8. The van der Waals surface area contributed by atoms with Crippen LogP contribution in [0.15, 0.2) is 30.5 Å². The number of nitrogens with zero attached hydrogens (tertiary/aromatic N) is 1. The Morgan fingerprint density at radius 2 is 1.85 bits per heavy atom. The lowest BCUT2D eigenvalue weighted by molar-refractivity contribution is -0.137. The van der Waals surface area contributed by atoms with Crippen molar-refractivity contribution < 1.29 is 23.1 Å². The van der Waals surface area contributed by atoms with Gasteiger partial charge in [0.05, 0.1) is 16.8 Å². The maximum absolute atomic E-state index is 13.0. The third-order valence-corrected chi connectivity index (χ3v) is 3.15. The molecule has 0 fully saturated rings. The van der Waals surface area contributed by atoms with Crippen LogP contribution in [0.2, 0.25) is 0 Å². The molecule has 20 heavy (non-hydrogen) atoms. The Labute approximate surface area is 113 Å². The number of benzene rings is 1. The number of hydrogen-bond acceptors (Lipinski definition) is 1. The smallest absolute Gasteiger partial charge is 0.417 e. The molecule has 1 aromatic heterocycles. The number of halogens is 3. The van der Waals surface area contributed by atoms with Crippen molar-refractivity contribution in [1.29, 1.82) is 0 Å². The summed E-state index contributed by atoms with van der Waals surface area (Å²) < 4.78 is 40.5. The largest absolute Gasteiger partial charge is 0.478 e. The third kappa shape index (κ3) is 2.29. The van der Waals surface area contributed by atoms with Gasteiger partial charge in [0, 0.05) is 18.8 Å². The Morgan fingerprint density at radius 3 is 2.35 bits per heavy atom. The molecule has 6 heteroatoms. The fraction of sp³-hybridized carbons (Fsp3) is 0.214. The van der Waals surface area contributed by atoms with Crippen LogP contribution in [0, 0.1) is 6.92 Å². The van der Waals surface area contributed by atoms with Gasteiger partial charge in [0.1, 0.15) is 0 Å². The lowest BCUT2D eigenvalue weighted by Gasteiger charge is -2.14. The van der Waals surface area contributed by atoms with Crippen molar-refractivity contribution in [3.8, 4) is 11.3 Å². The number of aromatic carboxylic acids is 1. The van der Waals surface area contributed by atoms with Crippen molar-refractivity contribution in [1.82, 2.24) is 4.57 Å². The van der Waals surface area contributed by atoms with Crippen molar-refractivity contribution in [2.75, 3.05) is 0 Å². The predicted molar refractivity (Wildman–Crippen MR) is 67.5 cm³/mol. The fourth-order valence-electron chi connectivity index (χ4n) is 2.29. The summed E-state index contributed by atoms with van der Waals surface area (Å²) in [6.45, 7) is 1.51. The predicted octanol–water partition coefficient (Wildman–Crippen LogP) is 3.72. The maximum atomic E-state index is 13.0. The van der Waals surface area contributed by atoms with Crippen molar-refractivity contribution in [2.45, 2.75) is 13.1 Å². The van der Waals surface area contributed by atoms with Gasteiger partial charge in [-0.15, -0.1) is 0 Å². The molecule has 0 atom stereocenters. The van der Waals surface area contributed by atoms with Crippen LogP contribution >= 0.6 is 0 Å². The van der Waals surface area contributed by atoms with Gasteiger partial charge in [-0.2, -0.15) is 13.2 Å². The van der Waals surface area contributed by atoms with Gasteiger partial charge in [-0.1, -0.05) is 18.2 Å². The average Bonchev–Trinajstić information content (AvgIpc) is 2.64. The highest BCUT2D eigenvalue weighted by Gasteiger charge is 2.34. The Balaban J connectivity index is 2.73. The number of alkyl halides is 3. The molecule has 0 aliphatic heterocycles. The molecule has 106 valence electrons. The first-order chi connectivity index (χ1) is 9.23. The summed E-state index contributed by atoms with van der Waals surface area (Å²) in [6.07, 6.45) is -3.17. The van der Waals surface area contributed by atoms with E-state index in [1.165, 1.54) is 42.9 Å². The third-order valence-electron chi connectivity index (χ3n) is 3.15. The maximum Gasteiger partial charge on any atom is 0.417 e. The van der Waals surface area contributed by atoms with E-state index in [0.717, 1.165) is 6.07 Å². The monoisotopic (exact) mass is 283 g/mol. The fourth-order valence-corrected chi connectivity index (χ4v) is 2.29. The van der Waals surface area contributed by atoms with E-state index < -0.39 is 17.7 Å². The summed E-state index contributed by atoms with van der Waals surface area (Å²) in [7, 11) is 1.53. The molecule has 3 nitrogen and oxygen atoms in total. The normalized spacial score (nSPS) is 11.7. The van der Waals surface area contributed by atoms with Crippen molar-refractivity contribution in [3.63, 3.8) is 0 Å². The van der Waals surface area contributed by atoms with Crippen LogP contribution in [0.3, 0.4) is 0 Å². The van der Waals surface area contributed by atoms with Crippen LogP contribution < -0.4 is 0 Å². The molecule has 0 saturated carbocycles. The van der Waals surface area contributed by atoms with E-state index in [2.05, 4.69) is 0 Å². The van der Waals surface area contributed by atoms with E-state index in [1.54, 1.807) is 0 Å². The molecule has 0 bridgehead atoms. The van der Waals surface area contributed by atoms with Crippen LogP contribution in [0.1, 0.15) is 21.5 Å². The van der Waals surface area contributed by atoms with Gasteiger partial charge in [-0.3, -0.25) is 0 Å². The number of rotatable bonds is 2. The lowest BCUT2D eigenvalue weighted by Crippen LogP contribution is -2.08. The Kier molecular flexibility index (Phi) is 3.33. The van der Waals surface area contributed by atoms with Gasteiger partial charge >= 0.3 is 12.1 Å². The van der Waals surface area contributed by atoms with E-state index >= 15 is 0 Å². The Hall–Kier alpha value is -2.24. The van der Waals surface area contributed by atoms with Gasteiger partial charge < -0.3 is 9.67 Å². The molecule has 0 unspecified atom stereocenters. The SMILES string of the molecule is Cc1c(C(=O)O)cn(C)c1-c1ccccc1C(F)(F)F. The van der Waals surface area contributed by atoms with Crippen LogP contribution in [0.5, 0.6) is 0 Å². The Morgan fingerprint density at radius 1 is 1.25 bits per heavy atom. The van der Waals surface area contributed by atoms with E-state index in [9.17, 15) is 18.0 Å². The zero-order chi connectivity index (χ0) is 15.1. The quantitative estimate of drug-likeness (QED) is 0.912. The van der Waals surface area contributed by atoms with Crippen LogP contribution in [0.25, 0.3) is 11.3 Å². The second kappa shape index (κ2) is 4.70. The number of aromatic nitrogens is 1. The number of hydrogen-bond donors (Lipinski definition) is 1. The summed E-state index contributed by atoms with van der Waals surface area (Å²) in [4.78, 5) is 11.1. The van der Waals surface area contributed by atoms with Crippen molar-refractivity contribution in [3.05, 3.63) is 47.2 Å². The molecule has 0 aliphatic rings. The molecule has 2 aromatic rings. The minimum Gasteiger partial charge on any atom is -0.478 e. The number of carboxylic acid groups (broad SMARTS) is 1. The van der Waals surface area contributed by atoms with Gasteiger partial charge in [0.15, 0.2) is 0 Å². The van der Waals surface area contributed by atoms with Gasteiger partial charge in [-0.25, -0.2) is 4.79 Å². The average molecular weight is 283 g/mol. The highest BCUT2D eigenvalue weighted by atomic mass is 19.4. The van der Waals surface area contributed by atoms with Crippen molar-refractivity contribution >= 4 is 5.97 Å². The number of carboxylic acids is 1. The van der Waals surface area contributed by atoms with Gasteiger partial charge in [-0.05, 0) is 18.6 Å². The molecule has 0 aliphatic carbocycles. The first-order valence-electron chi connectivity index (χ1n) is 5.79. The lowest BCUT2D eigenvalue weighted by atomic mass is 10.0. The van der Waals surface area contributed by atoms with Crippen LogP contribution in [-0.4, -0.2) is 15.6 Å². The first-order valence-corrected chi connectivity index (χ1v) is 5.79. The molecule has 1 N–H and O–H groups in total. The molecular weight excluding hydrogens is 271 g/mol. The van der Waals surface area contributed by atoms with E-state index in [0.29, 0.717) is 5.56 Å². The second-order valence-corrected chi connectivity index (χ2v) is 4.48. The van der Waals surface area contributed by atoms with E-state index in [-0.39, 0.29) is 16.8 Å².